The van der Waals surface area contributed by atoms with Gasteiger partial charge in [0.25, 0.3) is 5.91 Å². The smallest absolute Gasteiger partial charge is 0.274 e. The number of nitrogens with one attached hydrogen (secondary N) is 2. The van der Waals surface area contributed by atoms with Crippen LogP contribution in [0, 0.1) is 20.8 Å². The lowest BCUT2D eigenvalue weighted by molar-refractivity contribution is 0.102. The van der Waals surface area contributed by atoms with E-state index in [0.717, 1.165) is 16.8 Å². The molecule has 3 rings (SSSR count). The number of amides is 1. The fourth-order valence-electron chi connectivity index (χ4n) is 3.05. The maximum atomic E-state index is 12.7. The van der Waals surface area contributed by atoms with E-state index in [1.54, 1.807) is 45.4 Å². The van der Waals surface area contributed by atoms with Crippen LogP contribution in [0.4, 0.5) is 17.2 Å². The third kappa shape index (κ3) is 5.01. The van der Waals surface area contributed by atoms with Crippen molar-refractivity contribution in [3.63, 3.8) is 0 Å². The fraction of sp³-hybridized carbons (Fsp3) is 0.227. The van der Waals surface area contributed by atoms with Crippen LogP contribution in [0.2, 0.25) is 0 Å². The number of nitrogens with zero attached hydrogens (tertiary/aromatic N) is 2. The minimum Gasteiger partial charge on any atom is -0.493 e. The first-order valence-corrected chi connectivity index (χ1v) is 9.12. The van der Waals surface area contributed by atoms with Crippen LogP contribution in [0.5, 0.6) is 11.5 Å². The fourth-order valence-corrected chi connectivity index (χ4v) is 3.05. The standard InChI is InChI=1S/C22H24N4O3/c1-13-8-14(2)10-17(9-13)25-21-12-18(23-15(3)24-21)22(27)26-16-6-7-19(28-4)20(11-16)29-5/h6-12H,1-5H3,(H,26,27)(H,23,24,25). The van der Waals surface area contributed by atoms with Gasteiger partial charge in [-0.05, 0) is 56.2 Å². The molecule has 3 aromatic rings. The van der Waals surface area contributed by atoms with Gasteiger partial charge in [0, 0.05) is 23.5 Å². The number of aryl methyl sites for hydroxylation is 3. The zero-order chi connectivity index (χ0) is 21.0. The lowest BCUT2D eigenvalue weighted by Crippen LogP contribution is -2.15. The number of carbonyl (C=O) groups is 1. The molecule has 0 aliphatic rings. The van der Waals surface area contributed by atoms with E-state index in [-0.39, 0.29) is 11.6 Å². The number of rotatable bonds is 6. The minimum absolute atomic E-state index is 0.263. The second kappa shape index (κ2) is 8.60. The summed E-state index contributed by atoms with van der Waals surface area (Å²) in [5, 5.41) is 6.08. The summed E-state index contributed by atoms with van der Waals surface area (Å²) in [6, 6.07) is 12.9. The maximum absolute atomic E-state index is 12.7. The number of hydrogen-bond acceptors (Lipinski definition) is 6. The Morgan fingerprint density at radius 3 is 2.17 bits per heavy atom. The summed E-state index contributed by atoms with van der Waals surface area (Å²) in [6.07, 6.45) is 0. The van der Waals surface area contributed by atoms with Crippen molar-refractivity contribution in [2.75, 3.05) is 24.9 Å². The van der Waals surface area contributed by atoms with Gasteiger partial charge in [0.15, 0.2) is 11.5 Å². The van der Waals surface area contributed by atoms with Crippen LogP contribution in [0.3, 0.4) is 0 Å². The van der Waals surface area contributed by atoms with Gasteiger partial charge in [-0.3, -0.25) is 4.79 Å². The van der Waals surface area contributed by atoms with Gasteiger partial charge in [0.2, 0.25) is 0 Å². The van der Waals surface area contributed by atoms with Gasteiger partial charge < -0.3 is 20.1 Å². The normalized spacial score (nSPS) is 10.4. The van der Waals surface area contributed by atoms with Crippen LogP contribution in [0.1, 0.15) is 27.4 Å². The second-order valence-electron chi connectivity index (χ2n) is 6.71. The molecule has 7 heteroatoms. The average molecular weight is 392 g/mol. The summed E-state index contributed by atoms with van der Waals surface area (Å²) in [5.41, 5.74) is 4.04. The van der Waals surface area contributed by atoms with E-state index < -0.39 is 0 Å². The van der Waals surface area contributed by atoms with Crippen molar-refractivity contribution in [3.8, 4) is 11.5 Å². The molecule has 0 unspecified atom stereocenters. The Balaban J connectivity index is 1.82. The largest absolute Gasteiger partial charge is 0.493 e. The molecule has 0 fully saturated rings. The summed E-state index contributed by atoms with van der Waals surface area (Å²) in [5.74, 6) is 1.83. The Bertz CT molecular complexity index is 1030. The van der Waals surface area contributed by atoms with Crippen LogP contribution in [-0.2, 0) is 0 Å². The molecule has 1 heterocycles. The summed E-state index contributed by atoms with van der Waals surface area (Å²) in [4.78, 5) is 21.4. The van der Waals surface area contributed by atoms with Gasteiger partial charge in [-0.15, -0.1) is 0 Å². The van der Waals surface area contributed by atoms with Crippen molar-refractivity contribution in [3.05, 3.63) is 65.1 Å². The number of aromatic nitrogens is 2. The Morgan fingerprint density at radius 1 is 0.828 bits per heavy atom. The topological polar surface area (TPSA) is 85.4 Å². The van der Waals surface area contributed by atoms with Crippen molar-refractivity contribution >= 4 is 23.1 Å². The highest BCUT2D eigenvalue weighted by molar-refractivity contribution is 6.03. The lowest BCUT2D eigenvalue weighted by Gasteiger charge is -2.12. The Morgan fingerprint density at radius 2 is 1.52 bits per heavy atom. The molecule has 0 atom stereocenters. The molecule has 150 valence electrons. The predicted octanol–water partition coefficient (Wildman–Crippen LogP) is 4.41. The Kier molecular flexibility index (Phi) is 5.97. The van der Waals surface area contributed by atoms with Crippen molar-refractivity contribution in [2.24, 2.45) is 0 Å². The number of anilines is 3. The molecular formula is C22H24N4O3. The first-order valence-electron chi connectivity index (χ1n) is 9.12. The molecule has 0 radical (unpaired) electrons. The Hall–Kier alpha value is -3.61. The van der Waals surface area contributed by atoms with Crippen LogP contribution >= 0.6 is 0 Å². The van der Waals surface area contributed by atoms with Gasteiger partial charge in [0.05, 0.1) is 14.2 Å². The molecule has 2 aromatic carbocycles. The number of methoxy groups -OCH3 is 2. The van der Waals surface area contributed by atoms with Crippen molar-refractivity contribution in [1.29, 1.82) is 0 Å². The molecular weight excluding hydrogens is 368 g/mol. The monoisotopic (exact) mass is 392 g/mol. The first-order chi connectivity index (χ1) is 13.9. The van der Waals surface area contributed by atoms with E-state index in [4.69, 9.17) is 9.47 Å². The number of hydrogen-bond donors (Lipinski definition) is 2. The van der Waals surface area contributed by atoms with Gasteiger partial charge in [-0.1, -0.05) is 6.07 Å². The number of carbonyl (C=O) groups excluding carboxylic acids is 1. The highest BCUT2D eigenvalue weighted by Crippen LogP contribution is 2.30. The van der Waals surface area contributed by atoms with Gasteiger partial charge >= 0.3 is 0 Å². The maximum Gasteiger partial charge on any atom is 0.274 e. The van der Waals surface area contributed by atoms with Crippen LogP contribution < -0.4 is 20.1 Å². The lowest BCUT2D eigenvalue weighted by atomic mass is 10.1. The Labute approximate surface area is 170 Å². The summed E-state index contributed by atoms with van der Waals surface area (Å²) in [6.45, 7) is 5.82. The van der Waals surface area contributed by atoms with E-state index in [1.807, 2.05) is 26.0 Å². The quantitative estimate of drug-likeness (QED) is 0.646. The van der Waals surface area contributed by atoms with Crippen LogP contribution in [0.25, 0.3) is 0 Å². The molecule has 1 aromatic heterocycles. The van der Waals surface area contributed by atoms with Gasteiger partial charge in [-0.25, -0.2) is 9.97 Å². The third-order valence-corrected chi connectivity index (χ3v) is 4.21. The van der Waals surface area contributed by atoms with Crippen molar-refractivity contribution in [2.45, 2.75) is 20.8 Å². The van der Waals surface area contributed by atoms with E-state index in [2.05, 4.69) is 26.7 Å². The van der Waals surface area contributed by atoms with Gasteiger partial charge in [-0.2, -0.15) is 0 Å². The molecule has 0 saturated carbocycles. The highest BCUT2D eigenvalue weighted by Gasteiger charge is 2.13. The third-order valence-electron chi connectivity index (χ3n) is 4.21. The average Bonchev–Trinajstić information content (AvgIpc) is 2.66. The zero-order valence-corrected chi connectivity index (χ0v) is 17.2. The highest BCUT2D eigenvalue weighted by atomic mass is 16.5. The molecule has 1 amide bonds. The van der Waals surface area contributed by atoms with Crippen molar-refractivity contribution in [1.82, 2.24) is 9.97 Å². The molecule has 2 N–H and O–H groups in total. The molecule has 7 nitrogen and oxygen atoms in total. The minimum atomic E-state index is -0.341. The molecule has 0 aliphatic carbocycles. The molecule has 0 spiro atoms. The first kappa shape index (κ1) is 20.1. The summed E-state index contributed by atoms with van der Waals surface area (Å²) < 4.78 is 10.5. The summed E-state index contributed by atoms with van der Waals surface area (Å²) >= 11 is 0. The predicted molar refractivity (Wildman–Crippen MR) is 113 cm³/mol. The molecule has 0 saturated heterocycles. The SMILES string of the molecule is COc1ccc(NC(=O)c2cc(Nc3cc(C)cc(C)c3)nc(C)n2)cc1OC. The molecule has 0 aliphatic heterocycles. The molecule has 29 heavy (non-hydrogen) atoms. The number of ether oxygens (including phenoxy) is 2. The van der Waals surface area contributed by atoms with E-state index >= 15 is 0 Å². The van der Waals surface area contributed by atoms with E-state index in [0.29, 0.717) is 28.8 Å². The second-order valence-corrected chi connectivity index (χ2v) is 6.71. The van der Waals surface area contributed by atoms with Crippen molar-refractivity contribution < 1.29 is 14.3 Å². The van der Waals surface area contributed by atoms with Crippen LogP contribution in [0.15, 0.2) is 42.5 Å². The number of benzene rings is 2. The van der Waals surface area contributed by atoms with Crippen LogP contribution in [-0.4, -0.2) is 30.1 Å². The molecule has 0 bridgehead atoms. The zero-order valence-electron chi connectivity index (χ0n) is 17.2. The van der Waals surface area contributed by atoms with E-state index in [1.165, 1.54) is 0 Å². The van der Waals surface area contributed by atoms with Gasteiger partial charge in [0.1, 0.15) is 17.3 Å². The summed E-state index contributed by atoms with van der Waals surface area (Å²) in [7, 11) is 3.10. The van der Waals surface area contributed by atoms with E-state index in [9.17, 15) is 4.79 Å².